The molecule has 0 saturated carbocycles. The summed E-state index contributed by atoms with van der Waals surface area (Å²) in [6.07, 6.45) is 1.12. The van der Waals surface area contributed by atoms with Gasteiger partial charge in [-0.05, 0) is 114 Å². The molecule has 9 aromatic carbocycles. The largest absolute Gasteiger partial charge is 0.310 e. The Balaban J connectivity index is 1.26. The van der Waals surface area contributed by atoms with Gasteiger partial charge < -0.3 is 4.90 Å². The van der Waals surface area contributed by atoms with Crippen molar-refractivity contribution >= 4 is 27.8 Å². The summed E-state index contributed by atoms with van der Waals surface area (Å²) in [6, 6.07) is 79.2. The van der Waals surface area contributed by atoms with E-state index in [1.807, 2.05) is 0 Å². The second kappa shape index (κ2) is 14.1. The van der Waals surface area contributed by atoms with Gasteiger partial charge in [-0.25, -0.2) is 0 Å². The van der Waals surface area contributed by atoms with E-state index in [9.17, 15) is 0 Å². The first-order chi connectivity index (χ1) is 29.8. The number of rotatable bonds is 7. The van der Waals surface area contributed by atoms with Crippen LogP contribution in [0.5, 0.6) is 0 Å². The van der Waals surface area contributed by atoms with Crippen LogP contribution in [0, 0.1) is 0 Å². The van der Waals surface area contributed by atoms with Crippen LogP contribution in [0.4, 0.5) is 17.1 Å². The molecule has 9 aromatic rings. The zero-order valence-corrected chi connectivity index (χ0v) is 35.4. The standard InChI is InChI=1S/C60H49N/c1-58(2)40-59(3,4)54-39-52-51(38-53(54)58)50-31-19-33-56(57(50)60(52,44-24-10-6-11-25-44)45-26-12-7-13-27-45)61(46-36-34-42(35-37-46)41-20-8-5-9-21-41)55-32-17-16-29-49(55)48-30-18-23-43-22-14-15-28-47(43)48/h5-39H,40H2,1-4H3. The number of anilines is 3. The van der Waals surface area contributed by atoms with Crippen LogP contribution in [0.2, 0.25) is 0 Å². The van der Waals surface area contributed by atoms with Crippen LogP contribution < -0.4 is 4.90 Å². The van der Waals surface area contributed by atoms with Crippen molar-refractivity contribution in [1.29, 1.82) is 0 Å². The van der Waals surface area contributed by atoms with Crippen molar-refractivity contribution in [3.05, 3.63) is 246 Å². The molecule has 0 radical (unpaired) electrons. The molecule has 0 spiro atoms. The number of hydrogen-bond donors (Lipinski definition) is 0. The van der Waals surface area contributed by atoms with E-state index in [-0.39, 0.29) is 10.8 Å². The number of nitrogens with zero attached hydrogens (tertiary/aromatic N) is 1. The Kier molecular flexibility index (Phi) is 8.55. The van der Waals surface area contributed by atoms with Gasteiger partial charge in [-0.15, -0.1) is 0 Å². The molecule has 0 bridgehead atoms. The van der Waals surface area contributed by atoms with E-state index >= 15 is 0 Å². The Hall–Kier alpha value is -6.96. The first kappa shape index (κ1) is 37.1. The highest BCUT2D eigenvalue weighted by molar-refractivity contribution is 6.03. The van der Waals surface area contributed by atoms with Crippen molar-refractivity contribution < 1.29 is 0 Å². The highest BCUT2D eigenvalue weighted by atomic mass is 15.1. The predicted octanol–water partition coefficient (Wildman–Crippen LogP) is 16.0. The summed E-state index contributed by atoms with van der Waals surface area (Å²) in [5, 5.41) is 2.47. The summed E-state index contributed by atoms with van der Waals surface area (Å²) in [5.74, 6) is 0. The fourth-order valence-electron chi connectivity index (χ4n) is 11.4. The molecule has 2 aliphatic rings. The van der Waals surface area contributed by atoms with Gasteiger partial charge in [0, 0.05) is 16.8 Å². The molecular formula is C60H49N. The molecule has 1 heteroatoms. The average Bonchev–Trinajstić information content (AvgIpc) is 3.70. The van der Waals surface area contributed by atoms with Crippen LogP contribution in [0.3, 0.4) is 0 Å². The zero-order valence-electron chi connectivity index (χ0n) is 35.4. The quantitative estimate of drug-likeness (QED) is 0.156. The molecule has 1 nitrogen and oxygen atoms in total. The second-order valence-electron chi connectivity index (χ2n) is 18.4. The van der Waals surface area contributed by atoms with Crippen molar-refractivity contribution in [2.75, 3.05) is 4.90 Å². The molecule has 0 N–H and O–H groups in total. The Morgan fingerprint density at radius 2 is 0.885 bits per heavy atom. The number of fused-ring (bicyclic) bond motifs is 5. The van der Waals surface area contributed by atoms with Crippen molar-refractivity contribution in [2.24, 2.45) is 0 Å². The molecule has 61 heavy (non-hydrogen) atoms. The minimum absolute atomic E-state index is 0.0362. The normalized spacial score (nSPS) is 15.2. The van der Waals surface area contributed by atoms with Gasteiger partial charge in [0.25, 0.3) is 0 Å². The number of para-hydroxylation sites is 1. The van der Waals surface area contributed by atoms with Crippen LogP contribution in [0.25, 0.3) is 44.2 Å². The SMILES string of the molecule is CC1(C)CC(C)(C)c2cc3c(cc21)-c1cccc(N(c2ccc(-c4ccccc4)cc2)c2ccccc2-c2cccc4ccccc24)c1C3(c1ccccc1)c1ccccc1. The van der Waals surface area contributed by atoms with Gasteiger partial charge in [0.05, 0.1) is 16.8 Å². The van der Waals surface area contributed by atoms with Gasteiger partial charge in [0.1, 0.15) is 0 Å². The minimum atomic E-state index is -0.613. The van der Waals surface area contributed by atoms with Crippen molar-refractivity contribution in [1.82, 2.24) is 0 Å². The van der Waals surface area contributed by atoms with E-state index in [0.717, 1.165) is 17.8 Å². The first-order valence-corrected chi connectivity index (χ1v) is 21.7. The molecule has 0 unspecified atom stereocenters. The smallest absolute Gasteiger partial charge is 0.0734 e. The van der Waals surface area contributed by atoms with E-state index < -0.39 is 5.41 Å². The second-order valence-corrected chi connectivity index (χ2v) is 18.4. The lowest BCUT2D eigenvalue weighted by Crippen LogP contribution is -2.31. The van der Waals surface area contributed by atoms with Crippen LogP contribution in [-0.4, -0.2) is 0 Å². The van der Waals surface area contributed by atoms with Gasteiger partial charge >= 0.3 is 0 Å². The van der Waals surface area contributed by atoms with E-state index in [1.54, 1.807) is 0 Å². The highest BCUT2D eigenvalue weighted by Crippen LogP contribution is 2.63. The van der Waals surface area contributed by atoms with Crippen molar-refractivity contribution in [2.45, 2.75) is 50.4 Å². The molecule has 0 aliphatic heterocycles. The third-order valence-electron chi connectivity index (χ3n) is 13.7. The van der Waals surface area contributed by atoms with Crippen molar-refractivity contribution in [3.8, 4) is 33.4 Å². The van der Waals surface area contributed by atoms with E-state index in [1.165, 1.54) is 83.2 Å². The zero-order chi connectivity index (χ0) is 41.3. The monoisotopic (exact) mass is 783 g/mol. The Morgan fingerprint density at radius 3 is 1.59 bits per heavy atom. The molecular weight excluding hydrogens is 735 g/mol. The summed E-state index contributed by atoms with van der Waals surface area (Å²) in [6.45, 7) is 9.76. The number of hydrogen-bond acceptors (Lipinski definition) is 1. The molecule has 0 amide bonds. The lowest BCUT2D eigenvalue weighted by atomic mass is 9.66. The molecule has 0 aromatic heterocycles. The average molecular weight is 784 g/mol. The summed E-state index contributed by atoms with van der Waals surface area (Å²) < 4.78 is 0. The van der Waals surface area contributed by atoms with Gasteiger partial charge in [0.15, 0.2) is 0 Å². The molecule has 294 valence electrons. The highest BCUT2D eigenvalue weighted by Gasteiger charge is 2.51. The summed E-state index contributed by atoms with van der Waals surface area (Å²) in [4.78, 5) is 2.55. The van der Waals surface area contributed by atoms with E-state index in [0.29, 0.717) is 0 Å². The maximum Gasteiger partial charge on any atom is 0.0734 e. The summed E-state index contributed by atoms with van der Waals surface area (Å²) in [5.41, 5.74) is 18.5. The van der Waals surface area contributed by atoms with Gasteiger partial charge in [-0.3, -0.25) is 0 Å². The molecule has 0 atom stereocenters. The third kappa shape index (κ3) is 5.75. The van der Waals surface area contributed by atoms with E-state index in [2.05, 4.69) is 245 Å². The van der Waals surface area contributed by atoms with Crippen molar-refractivity contribution in [3.63, 3.8) is 0 Å². The van der Waals surface area contributed by atoms with Crippen LogP contribution in [0.1, 0.15) is 67.5 Å². The maximum atomic E-state index is 2.62. The summed E-state index contributed by atoms with van der Waals surface area (Å²) >= 11 is 0. The van der Waals surface area contributed by atoms with E-state index in [4.69, 9.17) is 0 Å². The van der Waals surface area contributed by atoms with Gasteiger partial charge in [0.2, 0.25) is 0 Å². The lowest BCUT2D eigenvalue weighted by molar-refractivity contribution is 0.403. The third-order valence-corrected chi connectivity index (χ3v) is 13.7. The Labute approximate surface area is 360 Å². The van der Waals surface area contributed by atoms with Crippen LogP contribution in [-0.2, 0) is 16.2 Å². The lowest BCUT2D eigenvalue weighted by Gasteiger charge is -2.38. The van der Waals surface area contributed by atoms with Crippen LogP contribution >= 0.6 is 0 Å². The molecule has 0 saturated heterocycles. The van der Waals surface area contributed by atoms with Gasteiger partial charge in [-0.2, -0.15) is 0 Å². The molecule has 11 rings (SSSR count). The fourth-order valence-corrected chi connectivity index (χ4v) is 11.4. The summed E-state index contributed by atoms with van der Waals surface area (Å²) in [7, 11) is 0. The maximum absolute atomic E-state index is 2.62. The van der Waals surface area contributed by atoms with Gasteiger partial charge in [-0.1, -0.05) is 210 Å². The van der Waals surface area contributed by atoms with Crippen LogP contribution in [0.15, 0.2) is 212 Å². The predicted molar refractivity (Wildman–Crippen MR) is 257 cm³/mol. The first-order valence-electron chi connectivity index (χ1n) is 21.7. The molecule has 2 aliphatic carbocycles. The number of benzene rings is 9. The molecule has 0 heterocycles. The minimum Gasteiger partial charge on any atom is -0.310 e. The Morgan fingerprint density at radius 1 is 0.377 bits per heavy atom. The molecule has 0 fully saturated rings. The Bertz CT molecular complexity index is 3040. The fraction of sp³-hybridized carbons (Fsp3) is 0.133. The topological polar surface area (TPSA) is 3.24 Å².